The molecule has 38 heavy (non-hydrogen) atoms. The van der Waals surface area contributed by atoms with Crippen molar-refractivity contribution in [1.82, 2.24) is 14.8 Å². The molecule has 0 unspecified atom stereocenters. The van der Waals surface area contributed by atoms with E-state index >= 15 is 0 Å². The van der Waals surface area contributed by atoms with Crippen LogP contribution >= 0.6 is 11.6 Å². The van der Waals surface area contributed by atoms with Gasteiger partial charge in [-0.15, -0.1) is 0 Å². The fourth-order valence-corrected chi connectivity index (χ4v) is 7.98. The van der Waals surface area contributed by atoms with Gasteiger partial charge in [-0.2, -0.15) is 0 Å². The van der Waals surface area contributed by atoms with E-state index in [0.717, 1.165) is 60.9 Å². The van der Waals surface area contributed by atoms with Crippen LogP contribution < -0.4 is 15.0 Å². The molecule has 0 spiro atoms. The zero-order valence-electron chi connectivity index (χ0n) is 23.3. The fourth-order valence-electron chi connectivity index (χ4n) is 7.67. The highest BCUT2D eigenvalue weighted by atomic mass is 35.5. The smallest absolute Gasteiger partial charge is 0.254 e. The summed E-state index contributed by atoms with van der Waals surface area (Å²) in [5, 5.41) is 0.493. The Morgan fingerprint density at radius 1 is 1.03 bits per heavy atom. The van der Waals surface area contributed by atoms with Gasteiger partial charge in [0.2, 0.25) is 0 Å². The number of carbonyl (C=O) groups is 1. The zero-order chi connectivity index (χ0) is 27.2. The molecule has 1 aromatic carbocycles. The molecular formula is C30H38ClN3O4. The number of halogens is 1. The van der Waals surface area contributed by atoms with E-state index in [-0.39, 0.29) is 29.0 Å². The van der Waals surface area contributed by atoms with Crippen molar-refractivity contribution in [3.05, 3.63) is 55.0 Å². The molecule has 8 heteroatoms. The molecule has 1 atom stereocenters. The maximum absolute atomic E-state index is 13.8. The molecule has 3 heterocycles. The van der Waals surface area contributed by atoms with Gasteiger partial charge in [-0.05, 0) is 97.0 Å². The first kappa shape index (κ1) is 25.8. The van der Waals surface area contributed by atoms with Gasteiger partial charge >= 0.3 is 0 Å². The van der Waals surface area contributed by atoms with Crippen LogP contribution in [0.4, 0.5) is 0 Å². The number of carbonyl (C=O) groups excluding carboxylic acids is 1. The number of hydrogen-bond donors (Lipinski definition) is 1. The van der Waals surface area contributed by atoms with E-state index in [2.05, 4.69) is 30.9 Å². The summed E-state index contributed by atoms with van der Waals surface area (Å²) in [4.78, 5) is 33.5. The minimum Gasteiger partial charge on any atom is -0.448 e. The highest BCUT2D eigenvalue weighted by molar-refractivity contribution is 6.34. The molecule has 2 aromatic rings. The Kier molecular flexibility index (Phi) is 5.76. The first-order valence-electron chi connectivity index (χ1n) is 13.8. The van der Waals surface area contributed by atoms with Crippen LogP contribution in [0, 0.1) is 26.2 Å². The van der Waals surface area contributed by atoms with Gasteiger partial charge in [0.15, 0.2) is 11.5 Å². The van der Waals surface area contributed by atoms with E-state index in [4.69, 9.17) is 21.1 Å². The summed E-state index contributed by atoms with van der Waals surface area (Å²) in [5.41, 5.74) is 4.56. The third-order valence-corrected chi connectivity index (χ3v) is 10.8. The van der Waals surface area contributed by atoms with Crippen LogP contribution in [-0.4, -0.2) is 52.7 Å². The number of hydrogen-bond acceptors (Lipinski definition) is 5. The third kappa shape index (κ3) is 3.50. The SMILES string of the molecule is Cc1cc(C)c(CN2CCc3c(Cl)c4c(c(C)c3C2=O)O[C@@](C)(C23CCC(N(C)C)(CC2)CC3)O4)c(=O)[nH]1. The van der Waals surface area contributed by atoms with Crippen LogP contribution in [0.1, 0.15) is 83.8 Å². The van der Waals surface area contributed by atoms with Crippen molar-refractivity contribution in [3.63, 3.8) is 0 Å². The van der Waals surface area contributed by atoms with E-state index in [9.17, 15) is 9.59 Å². The molecule has 204 valence electrons. The summed E-state index contributed by atoms with van der Waals surface area (Å²) in [7, 11) is 4.39. The predicted octanol–water partition coefficient (Wildman–Crippen LogP) is 5.29. The van der Waals surface area contributed by atoms with Gasteiger partial charge in [-0.3, -0.25) is 9.59 Å². The molecule has 5 aliphatic rings. The van der Waals surface area contributed by atoms with Crippen LogP contribution in [0.5, 0.6) is 11.5 Å². The Morgan fingerprint density at radius 3 is 2.26 bits per heavy atom. The number of benzene rings is 1. The number of ether oxygens (including phenoxy) is 2. The van der Waals surface area contributed by atoms with Crippen molar-refractivity contribution in [2.45, 2.75) is 90.5 Å². The van der Waals surface area contributed by atoms with Crippen LogP contribution in [0.2, 0.25) is 5.02 Å². The summed E-state index contributed by atoms with van der Waals surface area (Å²) < 4.78 is 13.4. The van der Waals surface area contributed by atoms with E-state index < -0.39 is 5.79 Å². The number of H-pyrrole nitrogens is 1. The number of aromatic nitrogens is 1. The Bertz CT molecular complexity index is 1390. The normalized spacial score (nSPS) is 29.8. The summed E-state index contributed by atoms with van der Waals surface area (Å²) in [6.45, 7) is 8.53. The molecule has 0 radical (unpaired) electrons. The highest BCUT2D eigenvalue weighted by Crippen LogP contribution is 2.63. The summed E-state index contributed by atoms with van der Waals surface area (Å²) in [6, 6.07) is 1.94. The van der Waals surface area contributed by atoms with Gasteiger partial charge in [-0.25, -0.2) is 0 Å². The van der Waals surface area contributed by atoms with Crippen molar-refractivity contribution < 1.29 is 14.3 Å². The van der Waals surface area contributed by atoms with Gasteiger partial charge in [0.25, 0.3) is 17.3 Å². The average Bonchev–Trinajstić information content (AvgIpc) is 3.26. The molecule has 3 saturated carbocycles. The van der Waals surface area contributed by atoms with Gasteiger partial charge in [0.05, 0.1) is 17.1 Å². The molecule has 3 aliphatic carbocycles. The van der Waals surface area contributed by atoms with Gasteiger partial charge in [0, 0.05) is 41.2 Å². The van der Waals surface area contributed by atoms with E-state index in [1.54, 1.807) is 4.90 Å². The monoisotopic (exact) mass is 539 g/mol. The van der Waals surface area contributed by atoms with Crippen LogP contribution in [0.3, 0.4) is 0 Å². The van der Waals surface area contributed by atoms with Crippen molar-refractivity contribution in [2.24, 2.45) is 5.41 Å². The first-order chi connectivity index (χ1) is 17.9. The van der Waals surface area contributed by atoms with Crippen molar-refractivity contribution >= 4 is 17.5 Å². The molecule has 2 aliphatic heterocycles. The number of aromatic amines is 1. The summed E-state index contributed by atoms with van der Waals surface area (Å²) >= 11 is 6.98. The molecular weight excluding hydrogens is 502 g/mol. The second kappa shape index (κ2) is 8.49. The lowest BCUT2D eigenvalue weighted by atomic mass is 9.54. The number of pyridine rings is 1. The quantitative estimate of drug-likeness (QED) is 0.571. The number of amides is 1. The summed E-state index contributed by atoms with van der Waals surface area (Å²) in [5.74, 6) is 0.248. The second-order valence-electron chi connectivity index (χ2n) is 12.4. The molecule has 1 aromatic heterocycles. The first-order valence-corrected chi connectivity index (χ1v) is 14.2. The van der Waals surface area contributed by atoms with Gasteiger partial charge in [-0.1, -0.05) is 11.6 Å². The Balaban J connectivity index is 1.32. The van der Waals surface area contributed by atoms with Crippen molar-refractivity contribution in [1.29, 1.82) is 0 Å². The minimum atomic E-state index is -0.818. The second-order valence-corrected chi connectivity index (χ2v) is 12.8. The number of fused-ring (bicyclic) bond motifs is 5. The van der Waals surface area contributed by atoms with E-state index in [1.165, 1.54) is 0 Å². The molecule has 1 amide bonds. The lowest BCUT2D eigenvalue weighted by molar-refractivity contribution is -0.211. The third-order valence-electron chi connectivity index (χ3n) is 10.4. The maximum Gasteiger partial charge on any atom is 0.254 e. The number of nitrogens with zero attached hydrogens (tertiary/aromatic N) is 2. The van der Waals surface area contributed by atoms with Gasteiger partial charge in [0.1, 0.15) is 0 Å². The zero-order valence-corrected chi connectivity index (χ0v) is 24.1. The Hall–Kier alpha value is -2.51. The highest BCUT2D eigenvalue weighted by Gasteiger charge is 2.62. The van der Waals surface area contributed by atoms with Crippen LogP contribution in [0.25, 0.3) is 0 Å². The molecule has 0 saturated heterocycles. The van der Waals surface area contributed by atoms with Crippen molar-refractivity contribution in [3.8, 4) is 11.5 Å². The Morgan fingerprint density at radius 2 is 1.66 bits per heavy atom. The topological polar surface area (TPSA) is 74.9 Å². The molecule has 1 N–H and O–H groups in total. The molecule has 7 rings (SSSR count). The van der Waals surface area contributed by atoms with Crippen molar-refractivity contribution in [2.75, 3.05) is 20.6 Å². The minimum absolute atomic E-state index is 0.0832. The standard InChI is InChI=1S/C30H38ClN3O4/c1-17-15-18(2)32-26(35)21(17)16-34-14-7-20-22(27(34)36)19(3)24-25(23(20)31)38-28(4,37-24)29-8-11-30(12-9-29,13-10-29)33(5)6/h15H,7-14,16H2,1-6H3,(H,32,35)/t28-,29?,30?/m1/s1. The number of rotatable bonds is 4. The number of aryl methyl sites for hydroxylation is 2. The van der Waals surface area contributed by atoms with E-state index in [0.29, 0.717) is 40.6 Å². The fraction of sp³-hybridized carbons (Fsp3) is 0.600. The lowest BCUT2D eigenvalue weighted by Gasteiger charge is -2.59. The maximum atomic E-state index is 13.8. The average molecular weight is 540 g/mol. The van der Waals surface area contributed by atoms with Crippen LogP contribution in [-0.2, 0) is 13.0 Å². The van der Waals surface area contributed by atoms with E-state index in [1.807, 2.05) is 26.8 Å². The number of nitrogens with one attached hydrogen (secondary N) is 1. The van der Waals surface area contributed by atoms with Crippen LogP contribution in [0.15, 0.2) is 10.9 Å². The largest absolute Gasteiger partial charge is 0.448 e. The molecule has 7 nitrogen and oxygen atoms in total. The Labute approximate surface area is 229 Å². The molecule has 3 fully saturated rings. The lowest BCUT2D eigenvalue weighted by Crippen LogP contribution is -2.62. The predicted molar refractivity (Wildman–Crippen MR) is 147 cm³/mol. The van der Waals surface area contributed by atoms with Gasteiger partial charge < -0.3 is 24.3 Å². The summed E-state index contributed by atoms with van der Waals surface area (Å²) in [6.07, 6.45) is 7.13. The molecule has 2 bridgehead atoms.